The van der Waals surface area contributed by atoms with E-state index >= 15 is 0 Å². The van der Waals surface area contributed by atoms with Gasteiger partial charge < -0.3 is 19.7 Å². The number of methoxy groups -OCH3 is 1. The van der Waals surface area contributed by atoms with Gasteiger partial charge in [0.15, 0.2) is 0 Å². The number of carboxylic acids is 1. The molecule has 2 aliphatic carbocycles. The molecule has 2 fully saturated rings. The van der Waals surface area contributed by atoms with Gasteiger partial charge in [0.1, 0.15) is 11.6 Å². The Labute approximate surface area is 217 Å². The predicted octanol–water partition coefficient (Wildman–Crippen LogP) is 5.94. The number of amides is 1. The van der Waals surface area contributed by atoms with Crippen LogP contribution in [-0.2, 0) is 11.3 Å². The molecule has 37 heavy (non-hydrogen) atoms. The maximum atomic E-state index is 13.9. The quantitative estimate of drug-likeness (QED) is 0.317. The highest BCUT2D eigenvalue weighted by Gasteiger charge is 2.55. The van der Waals surface area contributed by atoms with Crippen LogP contribution in [0.5, 0.6) is 5.75 Å². The summed E-state index contributed by atoms with van der Waals surface area (Å²) in [5, 5.41) is 14.2. The molecule has 6 nitrogen and oxygen atoms in total. The second-order valence-electron chi connectivity index (χ2n) is 10.4. The number of fused-ring (bicyclic) bond motifs is 1. The van der Waals surface area contributed by atoms with Crippen molar-refractivity contribution in [1.29, 1.82) is 0 Å². The smallest absolute Gasteiger partial charge is 0.306 e. The molecule has 1 amide bonds. The summed E-state index contributed by atoms with van der Waals surface area (Å²) in [6.45, 7) is 0.608. The summed E-state index contributed by atoms with van der Waals surface area (Å²) in [6, 6.07) is 14.8. The lowest BCUT2D eigenvalue weighted by molar-refractivity contribution is -0.155. The zero-order valence-corrected chi connectivity index (χ0v) is 21.2. The van der Waals surface area contributed by atoms with Crippen molar-refractivity contribution >= 4 is 33.4 Å². The minimum Gasteiger partial charge on any atom is -0.497 e. The van der Waals surface area contributed by atoms with Gasteiger partial charge in [-0.25, -0.2) is 4.39 Å². The van der Waals surface area contributed by atoms with Gasteiger partial charge in [0.2, 0.25) is 0 Å². The normalized spacial score (nSPS) is 22.4. The van der Waals surface area contributed by atoms with E-state index in [9.17, 15) is 14.0 Å². The Hall–Kier alpha value is -3.65. The molecule has 6 rings (SSSR count). The summed E-state index contributed by atoms with van der Waals surface area (Å²) < 4.78 is 22.3. The summed E-state index contributed by atoms with van der Waals surface area (Å²) in [7, 11) is 1.52. The molecule has 0 atom stereocenters. The number of aliphatic carboxylic acids is 1. The van der Waals surface area contributed by atoms with Crippen molar-refractivity contribution < 1.29 is 23.8 Å². The first-order valence-corrected chi connectivity index (χ1v) is 13.2. The number of halogens is 1. The molecule has 2 aromatic carbocycles. The van der Waals surface area contributed by atoms with Gasteiger partial charge in [-0.05, 0) is 66.0 Å². The number of hydrogen-bond donors (Lipinski definition) is 2. The van der Waals surface area contributed by atoms with Crippen LogP contribution >= 0.6 is 11.3 Å². The van der Waals surface area contributed by atoms with Crippen LogP contribution in [0.15, 0.2) is 60.1 Å². The fraction of sp³-hybridized carbons (Fsp3) is 0.310. The van der Waals surface area contributed by atoms with Crippen molar-refractivity contribution in [3.8, 4) is 16.9 Å². The molecule has 8 heteroatoms. The third-order valence-corrected chi connectivity index (χ3v) is 8.82. The summed E-state index contributed by atoms with van der Waals surface area (Å²) in [5.74, 6) is -0.863. The Morgan fingerprint density at radius 3 is 2.57 bits per heavy atom. The van der Waals surface area contributed by atoms with E-state index in [0.717, 1.165) is 52.6 Å². The molecular weight excluding hydrogens is 491 g/mol. The Bertz CT molecular complexity index is 1490. The standard InChI is InChI=1S/C29H27FN2O4S/c1-36-23-9-19(8-21(30)10-23)18-4-2-17(3-5-18)15-32-7-6-25-26(32)24(16-37-25)27(33)31-22-13-29(14-22)11-20(12-29)28(34)35/h2-10,16,20,22H,11-15H2,1H3,(H,31,33)(H,34,35). The highest BCUT2D eigenvalue weighted by atomic mass is 32.1. The minimum absolute atomic E-state index is 0.0736. The van der Waals surface area contributed by atoms with Crippen LogP contribution in [0.4, 0.5) is 4.39 Å². The van der Waals surface area contributed by atoms with Gasteiger partial charge in [-0.2, -0.15) is 0 Å². The second-order valence-corrected chi connectivity index (χ2v) is 11.3. The van der Waals surface area contributed by atoms with E-state index < -0.39 is 5.97 Å². The summed E-state index contributed by atoms with van der Waals surface area (Å²) in [6.07, 6.45) is 5.18. The Morgan fingerprint density at radius 1 is 1.11 bits per heavy atom. The number of hydrogen-bond acceptors (Lipinski definition) is 4. The molecule has 4 aromatic rings. The van der Waals surface area contributed by atoms with Crippen LogP contribution in [0.1, 0.15) is 41.6 Å². The third kappa shape index (κ3) is 4.39. The Kier molecular flexibility index (Phi) is 5.79. The first-order valence-electron chi connectivity index (χ1n) is 12.4. The first kappa shape index (κ1) is 23.7. The van der Waals surface area contributed by atoms with E-state index in [1.54, 1.807) is 11.3 Å². The average molecular weight is 519 g/mol. The lowest BCUT2D eigenvalue weighted by atomic mass is 9.50. The van der Waals surface area contributed by atoms with Crippen molar-refractivity contribution in [2.24, 2.45) is 11.3 Å². The zero-order chi connectivity index (χ0) is 25.7. The number of ether oxygens (including phenoxy) is 1. The molecule has 2 aliphatic rings. The molecular formula is C29H27FN2O4S. The number of carbonyl (C=O) groups excluding carboxylic acids is 1. The lowest BCUT2D eigenvalue weighted by Gasteiger charge is -2.56. The van der Waals surface area contributed by atoms with E-state index in [1.165, 1.54) is 19.2 Å². The van der Waals surface area contributed by atoms with Crippen LogP contribution in [-0.4, -0.2) is 34.7 Å². The van der Waals surface area contributed by atoms with Crippen LogP contribution < -0.4 is 10.1 Å². The van der Waals surface area contributed by atoms with Crippen LogP contribution in [0.3, 0.4) is 0 Å². The van der Waals surface area contributed by atoms with E-state index in [0.29, 0.717) is 17.9 Å². The molecule has 0 saturated heterocycles. The number of carbonyl (C=O) groups is 2. The number of thiophene rings is 1. The number of carboxylic acid groups (broad SMARTS) is 1. The van der Waals surface area contributed by atoms with Crippen LogP contribution in [0, 0.1) is 17.2 Å². The van der Waals surface area contributed by atoms with Crippen molar-refractivity contribution in [2.45, 2.75) is 38.3 Å². The van der Waals surface area contributed by atoms with Crippen LogP contribution in [0.25, 0.3) is 21.3 Å². The van der Waals surface area contributed by atoms with E-state index in [2.05, 4.69) is 9.88 Å². The Morgan fingerprint density at radius 2 is 1.86 bits per heavy atom. The van der Waals surface area contributed by atoms with Crippen molar-refractivity contribution in [2.75, 3.05) is 7.11 Å². The molecule has 0 radical (unpaired) electrons. The number of nitrogens with one attached hydrogen (secondary N) is 1. The zero-order valence-electron chi connectivity index (χ0n) is 20.4. The summed E-state index contributed by atoms with van der Waals surface area (Å²) in [4.78, 5) is 24.3. The minimum atomic E-state index is -0.705. The maximum Gasteiger partial charge on any atom is 0.306 e. The first-order chi connectivity index (χ1) is 17.8. The molecule has 2 heterocycles. The monoisotopic (exact) mass is 518 g/mol. The van der Waals surface area contributed by atoms with Crippen molar-refractivity contribution in [3.63, 3.8) is 0 Å². The van der Waals surface area contributed by atoms with Gasteiger partial charge in [-0.15, -0.1) is 11.3 Å². The molecule has 0 aliphatic heterocycles. The molecule has 2 aromatic heterocycles. The number of nitrogens with zero attached hydrogens (tertiary/aromatic N) is 1. The summed E-state index contributed by atoms with van der Waals surface area (Å²) >= 11 is 1.56. The average Bonchev–Trinajstić information content (AvgIpc) is 3.42. The fourth-order valence-corrected chi connectivity index (χ4v) is 6.94. The van der Waals surface area contributed by atoms with Crippen molar-refractivity contribution in [3.05, 3.63) is 77.1 Å². The van der Waals surface area contributed by atoms with Gasteiger partial charge >= 0.3 is 5.97 Å². The number of aromatic nitrogens is 1. The molecule has 0 bridgehead atoms. The molecule has 1 spiro atoms. The molecule has 2 saturated carbocycles. The fourth-order valence-electron chi connectivity index (χ4n) is 6.00. The van der Waals surface area contributed by atoms with Gasteiger partial charge in [0.05, 0.1) is 28.8 Å². The molecule has 2 N–H and O–H groups in total. The largest absolute Gasteiger partial charge is 0.497 e. The number of rotatable bonds is 7. The molecule has 190 valence electrons. The second kappa shape index (κ2) is 9.03. The maximum absolute atomic E-state index is 13.9. The predicted molar refractivity (Wildman–Crippen MR) is 141 cm³/mol. The summed E-state index contributed by atoms with van der Waals surface area (Å²) in [5.41, 5.74) is 4.43. The highest BCUT2D eigenvalue weighted by molar-refractivity contribution is 7.17. The Balaban J connectivity index is 1.14. The lowest BCUT2D eigenvalue weighted by Crippen LogP contribution is -2.57. The van der Waals surface area contributed by atoms with Crippen molar-refractivity contribution in [1.82, 2.24) is 9.88 Å². The van der Waals surface area contributed by atoms with E-state index in [1.807, 2.05) is 48.0 Å². The topological polar surface area (TPSA) is 80.6 Å². The number of benzene rings is 2. The van der Waals surface area contributed by atoms with E-state index in [4.69, 9.17) is 9.84 Å². The highest BCUT2D eigenvalue weighted by Crippen LogP contribution is 2.58. The SMILES string of the molecule is COc1cc(F)cc(-c2ccc(Cn3ccc4scc(C(=O)NC5CC6(C5)CC(C(=O)O)C6)c43)cc2)c1. The van der Waals surface area contributed by atoms with Gasteiger partial charge in [0.25, 0.3) is 5.91 Å². The third-order valence-electron chi connectivity index (χ3n) is 7.88. The molecule has 0 unspecified atom stereocenters. The van der Waals surface area contributed by atoms with Crippen LogP contribution in [0.2, 0.25) is 0 Å². The van der Waals surface area contributed by atoms with Gasteiger partial charge in [0, 0.05) is 30.2 Å². The van der Waals surface area contributed by atoms with E-state index in [-0.39, 0.29) is 29.1 Å². The van der Waals surface area contributed by atoms with Gasteiger partial charge in [-0.3, -0.25) is 9.59 Å². The van der Waals surface area contributed by atoms with Gasteiger partial charge in [-0.1, -0.05) is 24.3 Å².